The second-order valence-corrected chi connectivity index (χ2v) is 3.11. The van der Waals surface area contributed by atoms with E-state index in [-0.39, 0.29) is 0 Å². The molecule has 0 aliphatic carbocycles. The number of H-pyrrole nitrogens is 1. The average Bonchev–Trinajstić information content (AvgIpc) is 2.80. The number of anilines is 1. The van der Waals surface area contributed by atoms with Crippen LogP contribution < -0.4 is 10.1 Å². The summed E-state index contributed by atoms with van der Waals surface area (Å²) in [5, 5.41) is 9.68. The Morgan fingerprint density at radius 2 is 2.44 bits per heavy atom. The van der Waals surface area contributed by atoms with E-state index in [0.29, 0.717) is 25.0 Å². The van der Waals surface area contributed by atoms with Gasteiger partial charge in [-0.1, -0.05) is 0 Å². The van der Waals surface area contributed by atoms with Gasteiger partial charge in [-0.05, 0) is 6.92 Å². The summed E-state index contributed by atoms with van der Waals surface area (Å²) in [6, 6.07) is 1.73. The van der Waals surface area contributed by atoms with Crippen LogP contribution in [0.15, 0.2) is 24.7 Å². The molecule has 0 aliphatic heterocycles. The van der Waals surface area contributed by atoms with Crippen LogP contribution in [-0.4, -0.2) is 26.8 Å². The van der Waals surface area contributed by atoms with Crippen LogP contribution in [0.3, 0.4) is 0 Å². The van der Waals surface area contributed by atoms with Crippen LogP contribution in [0.5, 0.6) is 5.88 Å². The van der Waals surface area contributed by atoms with E-state index in [9.17, 15) is 0 Å². The molecule has 0 aromatic carbocycles. The minimum atomic E-state index is 0.548. The molecule has 0 bridgehead atoms. The van der Waals surface area contributed by atoms with E-state index in [1.807, 2.05) is 13.1 Å². The van der Waals surface area contributed by atoms with Crippen LogP contribution in [0, 0.1) is 0 Å². The number of nitrogens with zero attached hydrogens (tertiary/aromatic N) is 3. The third-order valence-corrected chi connectivity index (χ3v) is 1.93. The lowest BCUT2D eigenvalue weighted by molar-refractivity contribution is 0.326. The molecule has 0 unspecified atom stereocenters. The third-order valence-electron chi connectivity index (χ3n) is 1.93. The first kappa shape index (κ1) is 10.4. The molecular weight excluding hydrogens is 206 g/mol. The second kappa shape index (κ2) is 5.11. The van der Waals surface area contributed by atoms with E-state index in [1.54, 1.807) is 18.5 Å². The molecule has 0 radical (unpaired) electrons. The first-order valence-corrected chi connectivity index (χ1v) is 5.06. The maximum Gasteiger partial charge on any atom is 0.226 e. The molecule has 0 saturated carbocycles. The molecule has 0 fully saturated rings. The highest BCUT2D eigenvalue weighted by Crippen LogP contribution is 2.08. The Bertz CT molecular complexity index is 429. The molecule has 0 atom stereocenters. The Balaban J connectivity index is 1.96. The standard InChI is InChI=1S/C10H13N5O/c1-2-16-9-3-4-11-10(15-9)12-5-8-6-13-14-7-8/h3-4,6-7H,2,5H2,1H3,(H,13,14)(H,11,12,15). The van der Waals surface area contributed by atoms with Crippen LogP contribution in [0.2, 0.25) is 0 Å². The molecule has 6 nitrogen and oxygen atoms in total. The minimum Gasteiger partial charge on any atom is -0.478 e. The predicted octanol–water partition coefficient (Wildman–Crippen LogP) is 1.21. The Morgan fingerprint density at radius 1 is 1.50 bits per heavy atom. The molecule has 0 saturated heterocycles. The van der Waals surface area contributed by atoms with Gasteiger partial charge in [-0.25, -0.2) is 4.98 Å². The van der Waals surface area contributed by atoms with Crippen molar-refractivity contribution in [2.75, 3.05) is 11.9 Å². The number of rotatable bonds is 5. The Kier molecular flexibility index (Phi) is 3.32. The number of hydrogen-bond donors (Lipinski definition) is 2. The predicted molar refractivity (Wildman–Crippen MR) is 59.1 cm³/mol. The van der Waals surface area contributed by atoms with Crippen molar-refractivity contribution in [1.29, 1.82) is 0 Å². The molecule has 84 valence electrons. The molecule has 6 heteroatoms. The van der Waals surface area contributed by atoms with E-state index < -0.39 is 0 Å². The van der Waals surface area contributed by atoms with Gasteiger partial charge < -0.3 is 10.1 Å². The smallest absolute Gasteiger partial charge is 0.226 e. The monoisotopic (exact) mass is 219 g/mol. The van der Waals surface area contributed by atoms with Gasteiger partial charge in [0.05, 0.1) is 12.8 Å². The van der Waals surface area contributed by atoms with Gasteiger partial charge in [0, 0.05) is 30.6 Å². The molecule has 0 amide bonds. The van der Waals surface area contributed by atoms with E-state index in [1.165, 1.54) is 0 Å². The van der Waals surface area contributed by atoms with Crippen LogP contribution in [0.25, 0.3) is 0 Å². The van der Waals surface area contributed by atoms with E-state index in [2.05, 4.69) is 25.5 Å². The lowest BCUT2D eigenvalue weighted by Crippen LogP contribution is -2.04. The molecule has 0 aliphatic rings. The highest BCUT2D eigenvalue weighted by Gasteiger charge is 1.99. The number of nitrogens with one attached hydrogen (secondary N) is 2. The maximum absolute atomic E-state index is 5.27. The van der Waals surface area contributed by atoms with Gasteiger partial charge >= 0.3 is 0 Å². The summed E-state index contributed by atoms with van der Waals surface area (Å²) >= 11 is 0. The van der Waals surface area contributed by atoms with E-state index in [0.717, 1.165) is 5.56 Å². The largest absolute Gasteiger partial charge is 0.478 e. The summed E-state index contributed by atoms with van der Waals surface area (Å²) in [6.07, 6.45) is 5.23. The van der Waals surface area contributed by atoms with Gasteiger partial charge in [-0.2, -0.15) is 10.1 Å². The first-order chi connectivity index (χ1) is 7.88. The Hall–Kier alpha value is -2.11. The Morgan fingerprint density at radius 3 is 3.19 bits per heavy atom. The number of aromatic amines is 1. The summed E-state index contributed by atoms with van der Waals surface area (Å²) in [5.41, 5.74) is 1.05. The summed E-state index contributed by atoms with van der Waals surface area (Å²) in [6.45, 7) is 3.14. The summed E-state index contributed by atoms with van der Waals surface area (Å²) in [4.78, 5) is 8.28. The summed E-state index contributed by atoms with van der Waals surface area (Å²) < 4.78 is 5.27. The molecule has 16 heavy (non-hydrogen) atoms. The lowest BCUT2D eigenvalue weighted by atomic mass is 10.4. The number of ether oxygens (including phenoxy) is 1. The Labute approximate surface area is 93.1 Å². The van der Waals surface area contributed by atoms with Crippen LogP contribution in [0.1, 0.15) is 12.5 Å². The van der Waals surface area contributed by atoms with Crippen LogP contribution in [-0.2, 0) is 6.54 Å². The maximum atomic E-state index is 5.27. The number of hydrogen-bond acceptors (Lipinski definition) is 5. The minimum absolute atomic E-state index is 0.548. The fraction of sp³-hybridized carbons (Fsp3) is 0.300. The van der Waals surface area contributed by atoms with Gasteiger partial charge in [-0.15, -0.1) is 0 Å². The fourth-order valence-electron chi connectivity index (χ4n) is 1.21. The molecule has 2 N–H and O–H groups in total. The van der Waals surface area contributed by atoms with E-state index >= 15 is 0 Å². The van der Waals surface area contributed by atoms with Crippen molar-refractivity contribution in [1.82, 2.24) is 20.2 Å². The van der Waals surface area contributed by atoms with Gasteiger partial charge in [0.25, 0.3) is 0 Å². The van der Waals surface area contributed by atoms with Crippen molar-refractivity contribution >= 4 is 5.95 Å². The van der Waals surface area contributed by atoms with Gasteiger partial charge in [0.1, 0.15) is 0 Å². The van der Waals surface area contributed by atoms with Gasteiger partial charge in [0.2, 0.25) is 11.8 Å². The zero-order chi connectivity index (χ0) is 11.2. The first-order valence-electron chi connectivity index (χ1n) is 5.06. The van der Waals surface area contributed by atoms with Crippen molar-refractivity contribution in [2.24, 2.45) is 0 Å². The highest BCUT2D eigenvalue weighted by molar-refractivity contribution is 5.28. The molecule has 2 aromatic heterocycles. The SMILES string of the molecule is CCOc1ccnc(NCc2cn[nH]c2)n1. The zero-order valence-corrected chi connectivity index (χ0v) is 8.97. The van der Waals surface area contributed by atoms with Crippen molar-refractivity contribution in [3.05, 3.63) is 30.2 Å². The quantitative estimate of drug-likeness (QED) is 0.790. The topological polar surface area (TPSA) is 75.7 Å². The van der Waals surface area contributed by atoms with Crippen molar-refractivity contribution in [3.8, 4) is 5.88 Å². The van der Waals surface area contributed by atoms with Crippen molar-refractivity contribution in [2.45, 2.75) is 13.5 Å². The molecule has 2 heterocycles. The molecule has 2 rings (SSSR count). The second-order valence-electron chi connectivity index (χ2n) is 3.11. The third kappa shape index (κ3) is 2.69. The molecular formula is C10H13N5O. The lowest BCUT2D eigenvalue weighted by Gasteiger charge is -2.05. The zero-order valence-electron chi connectivity index (χ0n) is 8.97. The van der Waals surface area contributed by atoms with Crippen molar-refractivity contribution in [3.63, 3.8) is 0 Å². The average molecular weight is 219 g/mol. The number of aromatic nitrogens is 4. The van der Waals surface area contributed by atoms with Gasteiger partial charge in [0.15, 0.2) is 0 Å². The fourth-order valence-corrected chi connectivity index (χ4v) is 1.21. The summed E-state index contributed by atoms with van der Waals surface area (Å²) in [7, 11) is 0. The van der Waals surface area contributed by atoms with Crippen LogP contribution in [0.4, 0.5) is 5.95 Å². The molecule has 2 aromatic rings. The molecule has 0 spiro atoms. The van der Waals surface area contributed by atoms with E-state index in [4.69, 9.17) is 4.74 Å². The highest BCUT2D eigenvalue weighted by atomic mass is 16.5. The van der Waals surface area contributed by atoms with Crippen LogP contribution >= 0.6 is 0 Å². The van der Waals surface area contributed by atoms with Gasteiger partial charge in [-0.3, -0.25) is 5.10 Å². The summed E-state index contributed by atoms with van der Waals surface area (Å²) in [5.74, 6) is 1.12. The normalized spacial score (nSPS) is 10.1. The van der Waals surface area contributed by atoms with Crippen molar-refractivity contribution < 1.29 is 4.74 Å².